The topological polar surface area (TPSA) is 91.4 Å². The van der Waals surface area contributed by atoms with E-state index in [1.807, 2.05) is 0 Å². The third-order valence-electron chi connectivity index (χ3n) is 3.55. The van der Waals surface area contributed by atoms with Crippen LogP contribution in [-0.2, 0) is 0 Å². The summed E-state index contributed by atoms with van der Waals surface area (Å²) in [6, 6.07) is 8.96. The van der Waals surface area contributed by atoms with Gasteiger partial charge in [-0.3, -0.25) is 4.79 Å². The molecular weight excluding hydrogens is 397 g/mol. The van der Waals surface area contributed by atoms with Gasteiger partial charge in [-0.15, -0.1) is 13.2 Å². The summed E-state index contributed by atoms with van der Waals surface area (Å²) in [6.45, 7) is 0. The van der Waals surface area contributed by atoms with Crippen molar-refractivity contribution in [2.24, 2.45) is 5.84 Å². The lowest BCUT2D eigenvalue weighted by Crippen LogP contribution is -2.37. The van der Waals surface area contributed by atoms with E-state index in [9.17, 15) is 18.0 Å². The molecule has 0 radical (unpaired) electrons. The largest absolute Gasteiger partial charge is 0.573 e. The first-order valence-corrected chi connectivity index (χ1v) is 8.17. The summed E-state index contributed by atoms with van der Waals surface area (Å²) in [6.07, 6.45) is -2.19. The summed E-state index contributed by atoms with van der Waals surface area (Å²) in [7, 11) is 1.65. The van der Waals surface area contributed by atoms with E-state index in [1.54, 1.807) is 13.2 Å². The number of anilines is 1. The van der Waals surface area contributed by atoms with Gasteiger partial charge in [0.1, 0.15) is 5.75 Å². The van der Waals surface area contributed by atoms with Crippen LogP contribution >= 0.6 is 11.6 Å². The standard InChI is InChI=1S/C18H16ClF3N4O2/c1-25-10-12(9-23)15-8-11(2-7-16(15)19)17(27)26(24)13-3-5-14(6-4-13)28-18(20,21)22/h2-10,23,25H,24H2,1H3/b12-10+,23-9?. The third kappa shape index (κ3) is 5.24. The molecule has 0 aliphatic rings. The van der Waals surface area contributed by atoms with Gasteiger partial charge in [0.25, 0.3) is 5.91 Å². The zero-order valence-electron chi connectivity index (χ0n) is 14.5. The van der Waals surface area contributed by atoms with Crippen molar-refractivity contribution in [1.29, 1.82) is 5.41 Å². The second-order valence-electron chi connectivity index (χ2n) is 5.44. The predicted molar refractivity (Wildman–Crippen MR) is 101 cm³/mol. The fourth-order valence-corrected chi connectivity index (χ4v) is 2.52. The maximum absolute atomic E-state index is 12.6. The number of carbonyl (C=O) groups excluding carboxylic acids is 1. The molecule has 2 rings (SSSR count). The van der Waals surface area contributed by atoms with E-state index in [-0.39, 0.29) is 11.3 Å². The van der Waals surface area contributed by atoms with Crippen molar-refractivity contribution < 1.29 is 22.7 Å². The highest BCUT2D eigenvalue weighted by Crippen LogP contribution is 2.27. The van der Waals surface area contributed by atoms with Crippen LogP contribution < -0.4 is 20.9 Å². The molecule has 148 valence electrons. The Kier molecular flexibility index (Phi) is 6.66. The summed E-state index contributed by atoms with van der Waals surface area (Å²) in [4.78, 5) is 12.6. The number of carbonyl (C=O) groups is 1. The van der Waals surface area contributed by atoms with Crippen LogP contribution in [0.25, 0.3) is 5.57 Å². The fraction of sp³-hybridized carbons (Fsp3) is 0.111. The molecule has 0 aliphatic heterocycles. The Labute approximate surface area is 163 Å². The maximum Gasteiger partial charge on any atom is 0.573 e. The monoisotopic (exact) mass is 412 g/mol. The van der Waals surface area contributed by atoms with E-state index in [2.05, 4.69) is 10.1 Å². The van der Waals surface area contributed by atoms with Gasteiger partial charge in [0, 0.05) is 41.2 Å². The Morgan fingerprint density at radius 3 is 2.43 bits per heavy atom. The van der Waals surface area contributed by atoms with Crippen LogP contribution in [0.2, 0.25) is 5.02 Å². The van der Waals surface area contributed by atoms with Crippen molar-refractivity contribution in [3.05, 3.63) is 64.8 Å². The Morgan fingerprint density at radius 1 is 1.25 bits per heavy atom. The Morgan fingerprint density at radius 2 is 1.89 bits per heavy atom. The molecule has 0 saturated carbocycles. The molecule has 0 fully saturated rings. The van der Waals surface area contributed by atoms with Gasteiger partial charge in [0.05, 0.1) is 5.69 Å². The first-order valence-electron chi connectivity index (χ1n) is 7.79. The molecule has 6 nitrogen and oxygen atoms in total. The molecule has 0 unspecified atom stereocenters. The summed E-state index contributed by atoms with van der Waals surface area (Å²) < 4.78 is 40.4. The molecule has 28 heavy (non-hydrogen) atoms. The van der Waals surface area contributed by atoms with Crippen molar-refractivity contribution in [2.75, 3.05) is 12.1 Å². The molecule has 1 amide bonds. The van der Waals surface area contributed by atoms with Gasteiger partial charge in [-0.25, -0.2) is 10.9 Å². The van der Waals surface area contributed by atoms with Crippen molar-refractivity contribution in [2.45, 2.75) is 6.36 Å². The minimum absolute atomic E-state index is 0.161. The molecule has 0 atom stereocenters. The Bertz CT molecular complexity index is 899. The van der Waals surface area contributed by atoms with Gasteiger partial charge in [-0.1, -0.05) is 11.6 Å². The minimum Gasteiger partial charge on any atom is -0.406 e. The molecule has 10 heteroatoms. The predicted octanol–water partition coefficient (Wildman–Crippen LogP) is 3.97. The van der Waals surface area contributed by atoms with Crippen molar-refractivity contribution in [3.63, 3.8) is 0 Å². The minimum atomic E-state index is -4.81. The number of alkyl halides is 3. The third-order valence-corrected chi connectivity index (χ3v) is 3.88. The number of allylic oxidation sites excluding steroid dienone is 1. The summed E-state index contributed by atoms with van der Waals surface area (Å²) in [5.41, 5.74) is 1.23. The Hall–Kier alpha value is -3.04. The highest BCUT2D eigenvalue weighted by Gasteiger charge is 2.31. The van der Waals surface area contributed by atoms with E-state index in [0.29, 0.717) is 16.2 Å². The van der Waals surface area contributed by atoms with E-state index in [4.69, 9.17) is 22.9 Å². The van der Waals surface area contributed by atoms with Crippen LogP contribution in [0.15, 0.2) is 48.7 Å². The molecule has 0 saturated heterocycles. The van der Waals surface area contributed by atoms with E-state index < -0.39 is 18.0 Å². The molecular formula is C18H16ClF3N4O2. The molecule has 2 aromatic rings. The summed E-state index contributed by atoms with van der Waals surface area (Å²) >= 11 is 6.14. The van der Waals surface area contributed by atoms with Crippen LogP contribution in [0.4, 0.5) is 18.9 Å². The van der Waals surface area contributed by atoms with Gasteiger partial charge in [0.2, 0.25) is 0 Å². The van der Waals surface area contributed by atoms with E-state index in [1.165, 1.54) is 30.3 Å². The van der Waals surface area contributed by atoms with Crippen LogP contribution in [0.3, 0.4) is 0 Å². The number of nitrogens with zero attached hydrogens (tertiary/aromatic N) is 1. The molecule has 2 aromatic carbocycles. The van der Waals surface area contributed by atoms with E-state index >= 15 is 0 Å². The van der Waals surface area contributed by atoms with Gasteiger partial charge in [-0.05, 0) is 42.5 Å². The molecule has 0 aliphatic carbocycles. The number of rotatable bonds is 6. The van der Waals surface area contributed by atoms with Crippen LogP contribution in [0.5, 0.6) is 5.75 Å². The molecule has 0 heterocycles. The van der Waals surface area contributed by atoms with Crippen molar-refractivity contribution in [3.8, 4) is 5.75 Å². The number of halogens is 4. The van der Waals surface area contributed by atoms with Crippen molar-refractivity contribution >= 4 is 35.0 Å². The zero-order valence-corrected chi connectivity index (χ0v) is 15.3. The van der Waals surface area contributed by atoms with Gasteiger partial charge in [-0.2, -0.15) is 0 Å². The maximum atomic E-state index is 12.6. The van der Waals surface area contributed by atoms with Crippen molar-refractivity contribution in [1.82, 2.24) is 5.32 Å². The average molecular weight is 413 g/mol. The van der Waals surface area contributed by atoms with Gasteiger partial charge in [0.15, 0.2) is 0 Å². The van der Waals surface area contributed by atoms with Gasteiger partial charge < -0.3 is 15.5 Å². The molecule has 0 bridgehead atoms. The number of nitrogens with one attached hydrogen (secondary N) is 2. The number of hydrogen-bond acceptors (Lipinski definition) is 5. The molecule has 0 spiro atoms. The smallest absolute Gasteiger partial charge is 0.406 e. The van der Waals surface area contributed by atoms with Crippen LogP contribution in [-0.4, -0.2) is 25.5 Å². The highest BCUT2D eigenvalue weighted by atomic mass is 35.5. The first-order chi connectivity index (χ1) is 13.2. The number of nitrogens with two attached hydrogens (primary N) is 1. The van der Waals surface area contributed by atoms with E-state index in [0.717, 1.165) is 23.4 Å². The second kappa shape index (κ2) is 8.77. The Balaban J connectivity index is 2.28. The van der Waals surface area contributed by atoms with Crippen LogP contribution in [0.1, 0.15) is 15.9 Å². The second-order valence-corrected chi connectivity index (χ2v) is 5.85. The molecule has 0 aromatic heterocycles. The average Bonchev–Trinajstić information content (AvgIpc) is 2.65. The summed E-state index contributed by atoms with van der Waals surface area (Å²) in [5, 5.41) is 11.4. The normalized spacial score (nSPS) is 11.7. The first kappa shape index (κ1) is 21.3. The number of benzene rings is 2. The number of hydrogen-bond donors (Lipinski definition) is 3. The fourth-order valence-electron chi connectivity index (χ4n) is 2.30. The number of hydrazine groups is 1. The molecule has 4 N–H and O–H groups in total. The quantitative estimate of drug-likeness (QED) is 0.290. The lowest BCUT2D eigenvalue weighted by atomic mass is 10.0. The van der Waals surface area contributed by atoms with Gasteiger partial charge >= 0.3 is 6.36 Å². The van der Waals surface area contributed by atoms with Crippen LogP contribution in [0, 0.1) is 5.41 Å². The number of amides is 1. The number of ether oxygens (including phenoxy) is 1. The SMILES string of the molecule is CN/C=C(\C=N)c1cc(C(=O)N(N)c2ccc(OC(F)(F)F)cc2)ccc1Cl. The highest BCUT2D eigenvalue weighted by molar-refractivity contribution is 6.34. The lowest BCUT2D eigenvalue weighted by molar-refractivity contribution is -0.274. The lowest BCUT2D eigenvalue weighted by Gasteiger charge is -2.18. The summed E-state index contributed by atoms with van der Waals surface area (Å²) in [5.74, 6) is 4.77. The zero-order chi connectivity index (χ0) is 20.9.